The number of halogens is 1. The standard InChI is InChI=1S/C20H19ClN4O2/c21-16-7-5-15(6-8-16)13-22-25-19(14-24-9-11-27-12-10-24)23-18-4-2-1-3-17(18)20(25)26/h1-8,13H,9-12,14H2/b22-13+. The fraction of sp³-hybridized carbons (Fsp3) is 0.250. The van der Waals surface area contributed by atoms with Gasteiger partial charge in [0.2, 0.25) is 0 Å². The molecule has 1 aliphatic heterocycles. The summed E-state index contributed by atoms with van der Waals surface area (Å²) in [4.78, 5) is 19.9. The second-order valence-electron chi connectivity index (χ2n) is 6.35. The maximum atomic E-state index is 13.0. The van der Waals surface area contributed by atoms with Crippen LogP contribution in [0.2, 0.25) is 5.02 Å². The van der Waals surface area contributed by atoms with E-state index in [0.29, 0.717) is 41.5 Å². The largest absolute Gasteiger partial charge is 0.379 e. The smallest absolute Gasteiger partial charge is 0.282 e. The van der Waals surface area contributed by atoms with Crippen molar-refractivity contribution in [2.45, 2.75) is 6.54 Å². The number of morpholine rings is 1. The monoisotopic (exact) mass is 382 g/mol. The predicted molar refractivity (Wildman–Crippen MR) is 107 cm³/mol. The fourth-order valence-electron chi connectivity index (χ4n) is 3.02. The Morgan fingerprint density at radius 1 is 1.11 bits per heavy atom. The molecule has 6 nitrogen and oxygen atoms in total. The molecular weight excluding hydrogens is 364 g/mol. The number of hydrogen-bond donors (Lipinski definition) is 0. The van der Waals surface area contributed by atoms with Gasteiger partial charge < -0.3 is 4.74 Å². The minimum absolute atomic E-state index is 0.172. The molecule has 2 aromatic carbocycles. The highest BCUT2D eigenvalue weighted by Gasteiger charge is 2.16. The Hall–Kier alpha value is -2.54. The average Bonchev–Trinajstić information content (AvgIpc) is 2.70. The van der Waals surface area contributed by atoms with Crippen LogP contribution in [0.3, 0.4) is 0 Å². The van der Waals surface area contributed by atoms with Crippen molar-refractivity contribution in [1.82, 2.24) is 14.6 Å². The Kier molecular flexibility index (Phi) is 5.29. The van der Waals surface area contributed by atoms with Gasteiger partial charge in [-0.1, -0.05) is 35.9 Å². The topological polar surface area (TPSA) is 59.7 Å². The molecule has 0 radical (unpaired) electrons. The van der Waals surface area contributed by atoms with E-state index in [2.05, 4.69) is 10.0 Å². The first kappa shape index (κ1) is 17.9. The Labute approximate surface area is 161 Å². The molecule has 1 aliphatic rings. The summed E-state index contributed by atoms with van der Waals surface area (Å²) < 4.78 is 6.80. The zero-order valence-electron chi connectivity index (χ0n) is 14.7. The highest BCUT2D eigenvalue weighted by Crippen LogP contribution is 2.12. The highest BCUT2D eigenvalue weighted by atomic mass is 35.5. The van der Waals surface area contributed by atoms with E-state index in [0.717, 1.165) is 18.7 Å². The van der Waals surface area contributed by atoms with E-state index >= 15 is 0 Å². The molecule has 1 saturated heterocycles. The van der Waals surface area contributed by atoms with Gasteiger partial charge in [0.25, 0.3) is 5.56 Å². The van der Waals surface area contributed by atoms with Gasteiger partial charge >= 0.3 is 0 Å². The second-order valence-corrected chi connectivity index (χ2v) is 6.78. The molecule has 0 atom stereocenters. The van der Waals surface area contributed by atoms with Crippen LogP contribution in [0.15, 0.2) is 58.4 Å². The SMILES string of the molecule is O=c1c2ccccc2nc(CN2CCOCC2)n1/N=C/c1ccc(Cl)cc1. The molecule has 7 heteroatoms. The van der Waals surface area contributed by atoms with Gasteiger partial charge in [0.05, 0.1) is 36.9 Å². The number of fused-ring (bicyclic) bond motifs is 1. The minimum Gasteiger partial charge on any atom is -0.379 e. The van der Waals surface area contributed by atoms with Crippen LogP contribution in [0.25, 0.3) is 10.9 Å². The summed E-state index contributed by atoms with van der Waals surface area (Å²) >= 11 is 5.93. The van der Waals surface area contributed by atoms with Crippen molar-refractivity contribution in [1.29, 1.82) is 0 Å². The molecule has 0 aliphatic carbocycles. The van der Waals surface area contributed by atoms with Crippen LogP contribution < -0.4 is 5.56 Å². The normalized spacial score (nSPS) is 15.6. The van der Waals surface area contributed by atoms with Crippen molar-refractivity contribution in [2.24, 2.45) is 5.10 Å². The first-order chi connectivity index (χ1) is 13.2. The first-order valence-electron chi connectivity index (χ1n) is 8.81. The van der Waals surface area contributed by atoms with Gasteiger partial charge in [-0.15, -0.1) is 0 Å². The van der Waals surface area contributed by atoms with Crippen molar-refractivity contribution < 1.29 is 4.74 Å². The molecule has 138 valence electrons. The zero-order valence-corrected chi connectivity index (χ0v) is 15.5. The van der Waals surface area contributed by atoms with Crippen molar-refractivity contribution in [3.05, 3.63) is 75.3 Å². The maximum absolute atomic E-state index is 13.0. The van der Waals surface area contributed by atoms with Gasteiger partial charge in [-0.2, -0.15) is 9.78 Å². The molecule has 0 unspecified atom stereocenters. The van der Waals surface area contributed by atoms with Crippen molar-refractivity contribution >= 4 is 28.7 Å². The van der Waals surface area contributed by atoms with E-state index in [9.17, 15) is 4.79 Å². The number of rotatable bonds is 4. The number of para-hydroxylation sites is 1. The third-order valence-electron chi connectivity index (χ3n) is 4.48. The summed E-state index contributed by atoms with van der Waals surface area (Å²) in [6.45, 7) is 3.53. The van der Waals surface area contributed by atoms with Crippen molar-refractivity contribution in [3.63, 3.8) is 0 Å². The minimum atomic E-state index is -0.172. The van der Waals surface area contributed by atoms with E-state index in [1.165, 1.54) is 4.68 Å². The van der Waals surface area contributed by atoms with Crippen molar-refractivity contribution in [3.8, 4) is 0 Å². The van der Waals surface area contributed by atoms with Crippen LogP contribution in [0.5, 0.6) is 0 Å². The van der Waals surface area contributed by atoms with E-state index < -0.39 is 0 Å². The average molecular weight is 383 g/mol. The lowest BCUT2D eigenvalue weighted by Gasteiger charge is -2.26. The molecular formula is C20H19ClN4O2. The summed E-state index contributed by atoms with van der Waals surface area (Å²) in [5, 5.41) is 5.65. The van der Waals surface area contributed by atoms with Gasteiger partial charge in [-0.3, -0.25) is 9.69 Å². The van der Waals surface area contributed by atoms with E-state index in [-0.39, 0.29) is 5.56 Å². The number of benzene rings is 2. The Morgan fingerprint density at radius 2 is 1.85 bits per heavy atom. The van der Waals surface area contributed by atoms with Gasteiger partial charge in [-0.25, -0.2) is 4.98 Å². The predicted octanol–water partition coefficient (Wildman–Crippen LogP) is 2.76. The number of hydrogen-bond acceptors (Lipinski definition) is 5. The molecule has 0 N–H and O–H groups in total. The number of nitrogens with zero attached hydrogens (tertiary/aromatic N) is 4. The van der Waals surface area contributed by atoms with E-state index in [4.69, 9.17) is 21.3 Å². The Balaban J connectivity index is 1.75. The summed E-state index contributed by atoms with van der Waals surface area (Å²) in [6, 6.07) is 14.6. The molecule has 27 heavy (non-hydrogen) atoms. The lowest BCUT2D eigenvalue weighted by atomic mass is 10.2. The Morgan fingerprint density at radius 3 is 2.63 bits per heavy atom. The second kappa shape index (κ2) is 8.00. The lowest BCUT2D eigenvalue weighted by Crippen LogP contribution is -2.37. The van der Waals surface area contributed by atoms with Crippen LogP contribution in [-0.4, -0.2) is 47.1 Å². The molecule has 0 amide bonds. The lowest BCUT2D eigenvalue weighted by molar-refractivity contribution is 0.0325. The molecule has 0 bridgehead atoms. The first-order valence-corrected chi connectivity index (χ1v) is 9.19. The Bertz CT molecular complexity index is 1020. The molecule has 3 aromatic rings. The van der Waals surface area contributed by atoms with Gasteiger partial charge in [0, 0.05) is 18.1 Å². The number of aromatic nitrogens is 2. The summed E-state index contributed by atoms with van der Waals surface area (Å²) in [5.74, 6) is 0.616. The molecule has 1 fully saturated rings. The van der Waals surface area contributed by atoms with Gasteiger partial charge in [0.15, 0.2) is 0 Å². The molecule has 2 heterocycles. The maximum Gasteiger partial charge on any atom is 0.282 e. The van der Waals surface area contributed by atoms with Crippen LogP contribution in [0.1, 0.15) is 11.4 Å². The number of ether oxygens (including phenoxy) is 1. The van der Waals surface area contributed by atoms with Gasteiger partial charge in [0.1, 0.15) is 5.82 Å². The third kappa shape index (κ3) is 4.08. The van der Waals surface area contributed by atoms with Crippen LogP contribution in [0.4, 0.5) is 0 Å². The highest BCUT2D eigenvalue weighted by molar-refractivity contribution is 6.30. The quantitative estimate of drug-likeness (QED) is 0.651. The zero-order chi connectivity index (χ0) is 18.6. The summed E-state index contributed by atoms with van der Waals surface area (Å²) in [7, 11) is 0. The third-order valence-corrected chi connectivity index (χ3v) is 4.73. The molecule has 0 saturated carbocycles. The summed E-state index contributed by atoms with van der Waals surface area (Å²) in [5.41, 5.74) is 1.37. The van der Waals surface area contributed by atoms with E-state index in [1.54, 1.807) is 24.4 Å². The van der Waals surface area contributed by atoms with Crippen LogP contribution >= 0.6 is 11.6 Å². The fourth-order valence-corrected chi connectivity index (χ4v) is 3.15. The summed E-state index contributed by atoms with van der Waals surface area (Å²) in [6.07, 6.45) is 1.65. The molecule has 0 spiro atoms. The van der Waals surface area contributed by atoms with Crippen LogP contribution in [-0.2, 0) is 11.3 Å². The van der Waals surface area contributed by atoms with E-state index in [1.807, 2.05) is 30.3 Å². The van der Waals surface area contributed by atoms with Crippen molar-refractivity contribution in [2.75, 3.05) is 26.3 Å². The van der Waals surface area contributed by atoms with Gasteiger partial charge in [-0.05, 0) is 29.8 Å². The molecule has 4 rings (SSSR count). The van der Waals surface area contributed by atoms with Crippen LogP contribution in [0, 0.1) is 0 Å². The molecule has 1 aromatic heterocycles.